The van der Waals surface area contributed by atoms with Crippen molar-refractivity contribution >= 4 is 21.8 Å². The van der Waals surface area contributed by atoms with Gasteiger partial charge in [-0.2, -0.15) is 5.10 Å². The largest absolute Gasteiger partial charge is 0.457 e. The Morgan fingerprint density at radius 2 is 1.70 bits per heavy atom. The molecule has 0 fully saturated rings. The number of aromatic nitrogens is 4. The number of benzene rings is 3. The monoisotopic (exact) mass is 668 g/mol. The van der Waals surface area contributed by atoms with Crippen molar-refractivity contribution < 1.29 is 9.13 Å². The molecule has 5 nitrogen and oxygen atoms in total. The Hall–Kier alpha value is -4.71. The minimum atomic E-state index is -0.322. The molecule has 6 aromatic rings. The average molecular weight is 669 g/mol. The van der Waals surface area contributed by atoms with Crippen LogP contribution in [-0.2, 0) is 6.42 Å². The normalized spacial score (nSPS) is 16.6. The van der Waals surface area contributed by atoms with E-state index in [-0.39, 0.29) is 11.7 Å². The molecule has 3 aromatic heterocycles. The van der Waals surface area contributed by atoms with Gasteiger partial charge in [-0.25, -0.2) is 14.1 Å². The van der Waals surface area contributed by atoms with Gasteiger partial charge in [0, 0.05) is 46.6 Å². The summed E-state index contributed by atoms with van der Waals surface area (Å²) in [6, 6.07) is 23.8. The molecule has 1 aliphatic carbocycles. The Kier molecular flexibility index (Phi) is 9.38. The first-order valence-electron chi connectivity index (χ1n) is 18.4. The molecule has 0 aliphatic heterocycles. The lowest BCUT2D eigenvalue weighted by molar-refractivity contribution is 0.443. The zero-order valence-electron chi connectivity index (χ0n) is 30.5. The van der Waals surface area contributed by atoms with E-state index in [1.807, 2.05) is 34.9 Å². The zero-order valence-corrected chi connectivity index (χ0v) is 30.5. The lowest BCUT2D eigenvalue weighted by atomic mass is 9.73. The highest BCUT2D eigenvalue weighted by Gasteiger charge is 2.34. The lowest BCUT2D eigenvalue weighted by Crippen LogP contribution is -2.18. The molecule has 0 bridgehead atoms. The van der Waals surface area contributed by atoms with Crippen molar-refractivity contribution in [2.24, 2.45) is 5.92 Å². The minimum Gasteiger partial charge on any atom is -0.457 e. The van der Waals surface area contributed by atoms with Crippen LogP contribution in [0.2, 0.25) is 0 Å². The van der Waals surface area contributed by atoms with Crippen LogP contribution in [0.4, 0.5) is 4.39 Å². The van der Waals surface area contributed by atoms with Crippen LogP contribution in [0, 0.1) is 11.7 Å². The van der Waals surface area contributed by atoms with Gasteiger partial charge < -0.3 is 4.74 Å². The highest BCUT2D eigenvalue weighted by Crippen LogP contribution is 2.45. The summed E-state index contributed by atoms with van der Waals surface area (Å²) in [4.78, 5) is 4.54. The number of fused-ring (bicyclic) bond motifs is 3. The Morgan fingerprint density at radius 1 is 0.900 bits per heavy atom. The van der Waals surface area contributed by atoms with Gasteiger partial charge in [-0.15, -0.1) is 0 Å². The summed E-state index contributed by atoms with van der Waals surface area (Å²) in [6.07, 6.45) is 9.47. The van der Waals surface area contributed by atoms with E-state index < -0.39 is 0 Å². The molecule has 258 valence electrons. The molecular formula is C44H49FN4O. The van der Waals surface area contributed by atoms with Crippen LogP contribution < -0.4 is 4.74 Å². The van der Waals surface area contributed by atoms with E-state index in [0.717, 1.165) is 58.9 Å². The number of hydrogen-bond donors (Lipinski definition) is 0. The van der Waals surface area contributed by atoms with Gasteiger partial charge in [0.1, 0.15) is 23.1 Å². The summed E-state index contributed by atoms with van der Waals surface area (Å²) in [5.74, 6) is 3.23. The quantitative estimate of drug-likeness (QED) is 0.136. The fraction of sp³-hybridized carbons (Fsp3) is 0.364. The summed E-state index contributed by atoms with van der Waals surface area (Å²) in [5, 5.41) is 7.57. The van der Waals surface area contributed by atoms with Gasteiger partial charge in [0.05, 0.1) is 28.1 Å². The molecular weight excluding hydrogens is 620 g/mol. The van der Waals surface area contributed by atoms with Crippen molar-refractivity contribution in [3.8, 4) is 23.0 Å². The molecule has 2 atom stereocenters. The zero-order chi connectivity index (χ0) is 35.1. The van der Waals surface area contributed by atoms with E-state index in [1.165, 1.54) is 52.8 Å². The highest BCUT2D eigenvalue weighted by atomic mass is 19.1. The second kappa shape index (κ2) is 13.9. The first-order valence-corrected chi connectivity index (χ1v) is 18.4. The number of allylic oxidation sites excluding steroid dienone is 2. The van der Waals surface area contributed by atoms with Gasteiger partial charge in [0.15, 0.2) is 0 Å². The third-order valence-electron chi connectivity index (χ3n) is 10.4. The second-order valence-corrected chi connectivity index (χ2v) is 14.8. The number of rotatable bonds is 10. The Balaban J connectivity index is 1.37. The molecule has 3 aromatic carbocycles. The molecule has 50 heavy (non-hydrogen) atoms. The summed E-state index contributed by atoms with van der Waals surface area (Å²) in [6.45, 7) is 16.1. The van der Waals surface area contributed by atoms with Crippen molar-refractivity contribution in [3.63, 3.8) is 0 Å². The Labute approximate surface area is 295 Å². The minimum absolute atomic E-state index is 0.288. The van der Waals surface area contributed by atoms with Crippen LogP contribution in [0.25, 0.3) is 33.3 Å². The van der Waals surface area contributed by atoms with Crippen molar-refractivity contribution in [2.75, 3.05) is 0 Å². The number of aryl methyl sites for hydroxylation is 1. The van der Waals surface area contributed by atoms with Crippen LogP contribution in [0.1, 0.15) is 114 Å². The number of nitrogens with zero attached hydrogens (tertiary/aromatic N) is 4. The van der Waals surface area contributed by atoms with Crippen LogP contribution in [0.15, 0.2) is 90.6 Å². The van der Waals surface area contributed by atoms with E-state index in [4.69, 9.17) is 9.84 Å². The molecule has 6 heteroatoms. The van der Waals surface area contributed by atoms with Crippen molar-refractivity contribution in [3.05, 3.63) is 119 Å². The van der Waals surface area contributed by atoms with Gasteiger partial charge >= 0.3 is 0 Å². The predicted molar refractivity (Wildman–Crippen MR) is 204 cm³/mol. The molecule has 1 unspecified atom stereocenters. The first-order chi connectivity index (χ1) is 24.1. The van der Waals surface area contributed by atoms with Crippen LogP contribution >= 0.6 is 0 Å². The Morgan fingerprint density at radius 3 is 2.44 bits per heavy atom. The number of unbranched alkanes of at least 4 members (excludes halogenated alkanes) is 1. The molecule has 0 N–H and O–H groups in total. The summed E-state index contributed by atoms with van der Waals surface area (Å²) in [7, 11) is 0. The Bertz CT molecular complexity index is 2200. The first kappa shape index (κ1) is 33.8. The standard InChI is InChI=1S/C44H49FN4O/c1-8-9-15-31-22-33(49-44(28(4)5)42(43(47-49)27(2)3)41-29(6)13-12-14-30(41)7)25-35(23-31)50-34-18-19-37-36-16-10-11-17-38(36)48(39(37)26-34)40-24-32(45)20-21-46-40/h10-11,13,16-28,30,41H,8-9,12,14-15H2,1-7H3/t30-,41?/m0/s1. The summed E-state index contributed by atoms with van der Waals surface area (Å²) >= 11 is 0. The molecule has 0 saturated carbocycles. The number of para-hydroxylation sites is 1. The maximum Gasteiger partial charge on any atom is 0.140 e. The maximum absolute atomic E-state index is 14.4. The fourth-order valence-electron chi connectivity index (χ4n) is 8.05. The number of hydrogen-bond acceptors (Lipinski definition) is 3. The lowest BCUT2D eigenvalue weighted by Gasteiger charge is -2.31. The molecule has 0 saturated heterocycles. The molecule has 0 amide bonds. The van der Waals surface area contributed by atoms with Gasteiger partial charge in [-0.3, -0.25) is 4.57 Å². The number of halogens is 1. The maximum atomic E-state index is 14.4. The van der Waals surface area contributed by atoms with E-state index in [1.54, 1.807) is 0 Å². The molecule has 1 aliphatic rings. The second-order valence-electron chi connectivity index (χ2n) is 14.8. The molecule has 7 rings (SSSR count). The van der Waals surface area contributed by atoms with E-state index in [9.17, 15) is 4.39 Å². The van der Waals surface area contributed by atoms with Gasteiger partial charge in [0.2, 0.25) is 0 Å². The highest BCUT2D eigenvalue weighted by molar-refractivity contribution is 6.09. The molecule has 0 spiro atoms. The topological polar surface area (TPSA) is 44.9 Å². The molecule has 0 radical (unpaired) electrons. The number of ether oxygens (including phenoxy) is 1. The summed E-state index contributed by atoms with van der Waals surface area (Å²) < 4.78 is 25.4. The summed E-state index contributed by atoms with van der Waals surface area (Å²) in [5.41, 5.74) is 9.53. The van der Waals surface area contributed by atoms with E-state index in [2.05, 4.69) is 94.5 Å². The van der Waals surface area contributed by atoms with Crippen molar-refractivity contribution in [1.82, 2.24) is 19.3 Å². The van der Waals surface area contributed by atoms with Crippen LogP contribution in [0.5, 0.6) is 11.5 Å². The third-order valence-corrected chi connectivity index (χ3v) is 10.4. The average Bonchev–Trinajstić information content (AvgIpc) is 3.64. The predicted octanol–water partition coefficient (Wildman–Crippen LogP) is 12.3. The van der Waals surface area contributed by atoms with Crippen molar-refractivity contribution in [1.29, 1.82) is 0 Å². The van der Waals surface area contributed by atoms with Gasteiger partial charge in [0.25, 0.3) is 0 Å². The van der Waals surface area contributed by atoms with Gasteiger partial charge in [-0.05, 0) is 92.3 Å². The van der Waals surface area contributed by atoms with Crippen LogP contribution in [0.3, 0.4) is 0 Å². The van der Waals surface area contributed by atoms with Crippen LogP contribution in [-0.4, -0.2) is 19.3 Å². The third kappa shape index (κ3) is 6.25. The molecule has 3 heterocycles. The fourth-order valence-corrected chi connectivity index (χ4v) is 8.05. The SMILES string of the molecule is CCCCc1cc(Oc2ccc3c4ccccc4n(-c4cc(F)ccn4)c3c2)cc(-n2nc(C(C)C)c(C3C(C)=CCC[C@@H]3C)c2C(C)C)c1. The van der Waals surface area contributed by atoms with E-state index >= 15 is 0 Å². The van der Waals surface area contributed by atoms with Crippen molar-refractivity contribution in [2.45, 2.75) is 98.3 Å². The number of pyridine rings is 1. The smallest absolute Gasteiger partial charge is 0.140 e. The van der Waals surface area contributed by atoms with E-state index in [0.29, 0.717) is 29.3 Å². The van der Waals surface area contributed by atoms with Gasteiger partial charge in [-0.1, -0.05) is 77.8 Å².